The second-order valence-electron chi connectivity index (χ2n) is 8.63. The highest BCUT2D eigenvalue weighted by Gasteiger charge is 2.24. The van der Waals surface area contributed by atoms with Gasteiger partial charge in [-0.05, 0) is 80.5 Å². The maximum Gasteiger partial charge on any atom is 0.267 e. The summed E-state index contributed by atoms with van der Waals surface area (Å²) in [4.78, 5) is 33.3. The van der Waals surface area contributed by atoms with Gasteiger partial charge in [-0.3, -0.25) is 14.2 Å². The molecule has 35 heavy (non-hydrogen) atoms. The lowest BCUT2D eigenvalue weighted by molar-refractivity contribution is -0.113. The molecule has 0 aliphatic heterocycles. The van der Waals surface area contributed by atoms with E-state index in [-0.39, 0.29) is 22.9 Å². The van der Waals surface area contributed by atoms with Crippen LogP contribution in [0.5, 0.6) is 0 Å². The maximum absolute atomic E-state index is 14.2. The van der Waals surface area contributed by atoms with Crippen LogP contribution in [0.2, 0.25) is 5.02 Å². The molecule has 2 heterocycles. The predicted molar refractivity (Wildman–Crippen MR) is 142 cm³/mol. The van der Waals surface area contributed by atoms with E-state index >= 15 is 0 Å². The van der Waals surface area contributed by atoms with Gasteiger partial charge in [0.1, 0.15) is 10.6 Å². The van der Waals surface area contributed by atoms with E-state index in [4.69, 9.17) is 16.6 Å². The Balaban J connectivity index is 1.55. The highest BCUT2D eigenvalue weighted by molar-refractivity contribution is 7.99. The van der Waals surface area contributed by atoms with E-state index in [9.17, 15) is 14.0 Å². The lowest BCUT2D eigenvalue weighted by Crippen LogP contribution is -2.24. The molecule has 1 amide bonds. The van der Waals surface area contributed by atoms with Gasteiger partial charge in [0.15, 0.2) is 5.16 Å². The van der Waals surface area contributed by atoms with Crippen LogP contribution in [0.25, 0.3) is 15.9 Å². The molecule has 0 saturated carbocycles. The van der Waals surface area contributed by atoms with Crippen LogP contribution >= 0.6 is 34.7 Å². The number of rotatable bonds is 5. The first-order chi connectivity index (χ1) is 16.8. The van der Waals surface area contributed by atoms with Gasteiger partial charge in [-0.2, -0.15) is 0 Å². The Labute approximate surface area is 215 Å². The Morgan fingerprint density at radius 1 is 1.23 bits per heavy atom. The van der Waals surface area contributed by atoms with Gasteiger partial charge in [0.05, 0.1) is 22.5 Å². The molecular weight excluding hydrogens is 505 g/mol. The first kappa shape index (κ1) is 24.0. The number of aryl methyl sites for hydroxylation is 3. The number of nitrogens with one attached hydrogen (secondary N) is 1. The minimum atomic E-state index is -0.487. The summed E-state index contributed by atoms with van der Waals surface area (Å²) in [5.74, 6) is -0.902. The average molecular weight is 528 g/mol. The van der Waals surface area contributed by atoms with Crippen molar-refractivity contribution in [2.75, 3.05) is 11.1 Å². The number of benzene rings is 2. The Hall–Kier alpha value is -2.68. The third kappa shape index (κ3) is 4.62. The number of carbonyl (C=O) groups excluding carboxylic acids is 1. The van der Waals surface area contributed by atoms with Crippen LogP contribution < -0.4 is 10.9 Å². The first-order valence-electron chi connectivity index (χ1n) is 11.3. The molecule has 4 aromatic rings. The molecule has 5 nitrogen and oxygen atoms in total. The largest absolute Gasteiger partial charge is 0.323 e. The number of thiophene rings is 1. The Bertz CT molecular complexity index is 1530. The number of anilines is 1. The molecule has 0 unspecified atom stereocenters. The van der Waals surface area contributed by atoms with E-state index < -0.39 is 5.82 Å². The fourth-order valence-electron chi connectivity index (χ4n) is 4.37. The Morgan fingerprint density at radius 2 is 2.03 bits per heavy atom. The summed E-state index contributed by atoms with van der Waals surface area (Å²) in [6.07, 6.45) is 4.00. The van der Waals surface area contributed by atoms with Crippen LogP contribution in [0.15, 0.2) is 46.3 Å². The van der Waals surface area contributed by atoms with Crippen LogP contribution in [0.3, 0.4) is 0 Å². The van der Waals surface area contributed by atoms with Crippen molar-refractivity contribution < 1.29 is 9.18 Å². The van der Waals surface area contributed by atoms with Gasteiger partial charge in [-0.25, -0.2) is 9.37 Å². The number of thioether (sulfide) groups is 1. The van der Waals surface area contributed by atoms with Crippen molar-refractivity contribution in [3.05, 3.63) is 79.2 Å². The minimum absolute atomic E-state index is 0.0318. The fourth-order valence-corrected chi connectivity index (χ4v) is 6.65. The van der Waals surface area contributed by atoms with Crippen molar-refractivity contribution in [3.8, 4) is 5.69 Å². The first-order valence-corrected chi connectivity index (χ1v) is 13.5. The van der Waals surface area contributed by atoms with Crippen molar-refractivity contribution >= 4 is 56.5 Å². The van der Waals surface area contributed by atoms with Gasteiger partial charge < -0.3 is 5.32 Å². The topological polar surface area (TPSA) is 64.0 Å². The van der Waals surface area contributed by atoms with E-state index in [1.165, 1.54) is 10.9 Å². The van der Waals surface area contributed by atoms with E-state index in [2.05, 4.69) is 5.32 Å². The summed E-state index contributed by atoms with van der Waals surface area (Å²) < 4.78 is 15.8. The lowest BCUT2D eigenvalue weighted by atomic mass is 9.97. The van der Waals surface area contributed by atoms with Crippen molar-refractivity contribution in [1.82, 2.24) is 9.55 Å². The summed E-state index contributed by atoms with van der Waals surface area (Å²) in [5, 5.41) is 4.23. The zero-order valence-electron chi connectivity index (χ0n) is 19.3. The van der Waals surface area contributed by atoms with Gasteiger partial charge >= 0.3 is 0 Å². The van der Waals surface area contributed by atoms with Crippen molar-refractivity contribution in [2.24, 2.45) is 0 Å². The highest BCUT2D eigenvalue weighted by atomic mass is 35.5. The number of amides is 1. The smallest absolute Gasteiger partial charge is 0.267 e. The van der Waals surface area contributed by atoms with Crippen molar-refractivity contribution in [3.63, 3.8) is 0 Å². The average Bonchev–Trinajstić information content (AvgIpc) is 3.20. The lowest BCUT2D eigenvalue weighted by Gasteiger charge is -2.16. The van der Waals surface area contributed by atoms with Crippen LogP contribution in [0, 0.1) is 19.7 Å². The second kappa shape index (κ2) is 9.76. The number of halogens is 2. The van der Waals surface area contributed by atoms with Gasteiger partial charge in [0.2, 0.25) is 5.91 Å². The quantitative estimate of drug-likeness (QED) is 0.239. The van der Waals surface area contributed by atoms with Gasteiger partial charge in [-0.1, -0.05) is 35.5 Å². The summed E-state index contributed by atoms with van der Waals surface area (Å²) >= 11 is 9.10. The molecule has 0 atom stereocenters. The molecule has 180 valence electrons. The van der Waals surface area contributed by atoms with E-state index in [1.807, 2.05) is 13.0 Å². The minimum Gasteiger partial charge on any atom is -0.323 e. The standard InChI is InChI=1S/C26H23ClFN3O2S2/c1-14-10-11-19(18(28)12-14)29-22(32)13-34-26-30-24-23(16-6-3-4-9-21(16)35-24)25(33)31(26)20-8-5-7-17(27)15(20)2/h5,7-8,10-12H,3-4,6,9,13H2,1-2H3,(H,29,32). The Morgan fingerprint density at radius 3 is 2.83 bits per heavy atom. The van der Waals surface area contributed by atoms with Crippen LogP contribution in [-0.4, -0.2) is 21.2 Å². The molecule has 9 heteroatoms. The molecular formula is C26H23ClFN3O2S2. The second-order valence-corrected chi connectivity index (χ2v) is 11.1. The molecule has 1 aliphatic carbocycles. The molecule has 1 aliphatic rings. The van der Waals surface area contributed by atoms with E-state index in [0.29, 0.717) is 26.1 Å². The van der Waals surface area contributed by atoms with Crippen LogP contribution in [-0.2, 0) is 17.6 Å². The normalized spacial score (nSPS) is 13.1. The summed E-state index contributed by atoms with van der Waals surface area (Å²) in [6, 6.07) is 10.1. The maximum atomic E-state index is 14.2. The molecule has 0 spiro atoms. The van der Waals surface area contributed by atoms with Gasteiger partial charge in [-0.15, -0.1) is 11.3 Å². The highest BCUT2D eigenvalue weighted by Crippen LogP contribution is 2.36. The molecule has 0 bridgehead atoms. The number of hydrogen-bond acceptors (Lipinski definition) is 5. The monoisotopic (exact) mass is 527 g/mol. The number of carbonyl (C=O) groups is 1. The van der Waals surface area contributed by atoms with Crippen LogP contribution in [0.4, 0.5) is 10.1 Å². The zero-order valence-corrected chi connectivity index (χ0v) is 21.7. The number of nitrogens with zero attached hydrogens (tertiary/aromatic N) is 2. The molecule has 1 N–H and O–H groups in total. The van der Waals surface area contributed by atoms with Crippen molar-refractivity contribution in [1.29, 1.82) is 0 Å². The molecule has 0 fully saturated rings. The van der Waals surface area contributed by atoms with Gasteiger partial charge in [0, 0.05) is 9.90 Å². The molecule has 0 radical (unpaired) electrons. The third-order valence-corrected chi connectivity index (χ3v) is 8.70. The molecule has 5 rings (SSSR count). The van der Waals surface area contributed by atoms with Crippen LogP contribution in [0.1, 0.15) is 34.4 Å². The van der Waals surface area contributed by atoms with E-state index in [0.717, 1.165) is 54.1 Å². The fraction of sp³-hybridized carbons (Fsp3) is 0.269. The predicted octanol–water partition coefficient (Wildman–Crippen LogP) is 6.47. The van der Waals surface area contributed by atoms with Gasteiger partial charge in [0.25, 0.3) is 5.56 Å². The zero-order chi connectivity index (χ0) is 24.7. The molecule has 2 aromatic carbocycles. The third-order valence-electron chi connectivity index (χ3n) is 6.17. The SMILES string of the molecule is Cc1ccc(NC(=O)CSc2nc3sc4c(c3c(=O)n2-c2cccc(Cl)c2C)CCCC4)c(F)c1. The van der Waals surface area contributed by atoms with Crippen molar-refractivity contribution in [2.45, 2.75) is 44.7 Å². The summed E-state index contributed by atoms with van der Waals surface area (Å²) in [5.41, 5.74) is 3.25. The number of aromatic nitrogens is 2. The number of hydrogen-bond donors (Lipinski definition) is 1. The van der Waals surface area contributed by atoms with E-state index in [1.54, 1.807) is 47.1 Å². The summed E-state index contributed by atoms with van der Waals surface area (Å²) in [7, 11) is 0. The Kier molecular flexibility index (Phi) is 6.70. The molecule has 0 saturated heterocycles. The molecule has 2 aromatic heterocycles. The number of fused-ring (bicyclic) bond motifs is 3. The summed E-state index contributed by atoms with van der Waals surface area (Å²) in [6.45, 7) is 3.64.